The Hall–Kier alpha value is -3.45. The van der Waals surface area contributed by atoms with Gasteiger partial charge in [0.15, 0.2) is 5.11 Å². The average molecular weight is 405 g/mol. The molecule has 0 unspecified atom stereocenters. The minimum absolute atomic E-state index is 0.0467. The third kappa shape index (κ3) is 4.05. The Morgan fingerprint density at radius 2 is 1.72 bits per heavy atom. The second kappa shape index (κ2) is 8.28. The molecule has 6 nitrogen and oxygen atoms in total. The number of benzene rings is 2. The smallest absolute Gasteiger partial charge is 0.257 e. The lowest BCUT2D eigenvalue weighted by Crippen LogP contribution is -2.46. The molecule has 2 heterocycles. The van der Waals surface area contributed by atoms with Gasteiger partial charge in [-0.15, -0.1) is 0 Å². The summed E-state index contributed by atoms with van der Waals surface area (Å²) in [5, 5.41) is 3.51. The molecule has 0 bridgehead atoms. The molecule has 7 heteroatoms. The molecule has 146 valence electrons. The quantitative estimate of drug-likeness (QED) is 0.514. The van der Waals surface area contributed by atoms with Crippen LogP contribution in [0.5, 0.6) is 0 Å². The molecule has 3 aromatic rings. The van der Waals surface area contributed by atoms with Gasteiger partial charge in [0.25, 0.3) is 5.91 Å². The van der Waals surface area contributed by atoms with Crippen molar-refractivity contribution in [2.75, 3.05) is 10.2 Å². The van der Waals surface area contributed by atoms with Crippen molar-refractivity contribution < 1.29 is 14.0 Å². The summed E-state index contributed by atoms with van der Waals surface area (Å²) in [6.45, 7) is 0.276. The van der Waals surface area contributed by atoms with Gasteiger partial charge in [0.2, 0.25) is 5.91 Å². The highest BCUT2D eigenvalue weighted by atomic mass is 32.1. The van der Waals surface area contributed by atoms with Gasteiger partial charge in [-0.3, -0.25) is 9.59 Å². The lowest BCUT2D eigenvalue weighted by atomic mass is 10.2. The van der Waals surface area contributed by atoms with Gasteiger partial charge in [-0.25, -0.2) is 4.90 Å². The van der Waals surface area contributed by atoms with Crippen LogP contribution in [0.3, 0.4) is 0 Å². The lowest BCUT2D eigenvalue weighted by molar-refractivity contribution is -0.122. The van der Waals surface area contributed by atoms with E-state index in [-0.39, 0.29) is 24.8 Å². The zero-order valence-corrected chi connectivity index (χ0v) is 16.3. The fraction of sp³-hybridized carbons (Fsp3) is 0.136. The minimum Gasteiger partial charge on any atom is -0.467 e. The minimum atomic E-state index is -0.712. The zero-order valence-electron chi connectivity index (χ0n) is 15.5. The molecule has 1 aliphatic heterocycles. The Morgan fingerprint density at radius 3 is 2.38 bits per heavy atom. The third-order valence-corrected chi connectivity index (χ3v) is 5.04. The molecule has 0 spiro atoms. The first-order chi connectivity index (χ1) is 14.1. The van der Waals surface area contributed by atoms with Crippen LogP contribution in [0.25, 0.3) is 0 Å². The van der Waals surface area contributed by atoms with E-state index in [1.165, 1.54) is 4.90 Å². The Kier molecular flexibility index (Phi) is 5.39. The number of amides is 2. The number of imide groups is 1. The molecule has 29 heavy (non-hydrogen) atoms. The Morgan fingerprint density at radius 1 is 1.03 bits per heavy atom. The van der Waals surface area contributed by atoms with Gasteiger partial charge in [0.1, 0.15) is 11.8 Å². The average Bonchev–Trinajstić information content (AvgIpc) is 3.35. The number of para-hydroxylation sites is 2. The summed E-state index contributed by atoms with van der Waals surface area (Å²) in [6, 6.07) is 21.3. The maximum atomic E-state index is 13.2. The number of hydrogen-bond donors (Lipinski definition) is 1. The summed E-state index contributed by atoms with van der Waals surface area (Å²) in [5.41, 5.74) is 1.36. The summed E-state index contributed by atoms with van der Waals surface area (Å²) >= 11 is 5.61. The lowest BCUT2D eigenvalue weighted by Gasteiger charge is -2.29. The second-order valence-corrected chi connectivity index (χ2v) is 7.01. The van der Waals surface area contributed by atoms with E-state index in [9.17, 15) is 9.59 Å². The zero-order chi connectivity index (χ0) is 20.2. The van der Waals surface area contributed by atoms with E-state index in [2.05, 4.69) is 5.32 Å². The molecule has 1 aliphatic rings. The molecule has 1 aromatic heterocycles. The van der Waals surface area contributed by atoms with Crippen molar-refractivity contribution in [2.24, 2.45) is 0 Å². The highest BCUT2D eigenvalue weighted by molar-refractivity contribution is 7.80. The van der Waals surface area contributed by atoms with Gasteiger partial charge in [-0.1, -0.05) is 36.4 Å². The van der Waals surface area contributed by atoms with Gasteiger partial charge < -0.3 is 14.6 Å². The van der Waals surface area contributed by atoms with Gasteiger partial charge in [0, 0.05) is 5.69 Å². The predicted octanol–water partition coefficient (Wildman–Crippen LogP) is 3.81. The second-order valence-electron chi connectivity index (χ2n) is 6.63. The Balaban J connectivity index is 1.61. The van der Waals surface area contributed by atoms with E-state index in [4.69, 9.17) is 16.6 Å². The number of carbonyl (C=O) groups is 2. The van der Waals surface area contributed by atoms with E-state index >= 15 is 0 Å². The van der Waals surface area contributed by atoms with E-state index in [1.54, 1.807) is 41.5 Å². The van der Waals surface area contributed by atoms with Crippen molar-refractivity contribution in [3.05, 3.63) is 84.8 Å². The van der Waals surface area contributed by atoms with Crippen LogP contribution in [-0.2, 0) is 16.1 Å². The number of nitrogens with one attached hydrogen (secondary N) is 1. The number of hydrogen-bond acceptors (Lipinski definition) is 4. The highest BCUT2D eigenvalue weighted by Crippen LogP contribution is 2.27. The third-order valence-electron chi connectivity index (χ3n) is 4.71. The van der Waals surface area contributed by atoms with Gasteiger partial charge in [0.05, 0.1) is 24.9 Å². The first kappa shape index (κ1) is 18.9. The SMILES string of the molecule is O=C1C[C@H](N(Cc2ccco2)C(=S)Nc2ccccc2)C(=O)N1c1ccccc1. The van der Waals surface area contributed by atoms with Crippen LogP contribution in [0, 0.1) is 0 Å². The molecule has 1 N–H and O–H groups in total. The summed E-state index contributed by atoms with van der Waals surface area (Å²) in [7, 11) is 0. The number of anilines is 2. The highest BCUT2D eigenvalue weighted by Gasteiger charge is 2.43. The van der Waals surface area contributed by atoms with Crippen LogP contribution < -0.4 is 10.2 Å². The molecule has 4 rings (SSSR count). The van der Waals surface area contributed by atoms with Crippen LogP contribution >= 0.6 is 12.2 Å². The van der Waals surface area contributed by atoms with Crippen molar-refractivity contribution in [3.63, 3.8) is 0 Å². The maximum absolute atomic E-state index is 13.2. The fourth-order valence-corrected chi connectivity index (χ4v) is 3.63. The number of nitrogens with zero attached hydrogens (tertiary/aromatic N) is 2. The molecular weight excluding hydrogens is 386 g/mol. The van der Waals surface area contributed by atoms with Gasteiger partial charge in [-0.05, 0) is 48.6 Å². The van der Waals surface area contributed by atoms with E-state index in [0.717, 1.165) is 5.69 Å². The van der Waals surface area contributed by atoms with Crippen LogP contribution in [-0.4, -0.2) is 27.9 Å². The molecule has 1 atom stereocenters. The van der Waals surface area contributed by atoms with E-state index in [1.807, 2.05) is 42.5 Å². The topological polar surface area (TPSA) is 65.8 Å². The largest absolute Gasteiger partial charge is 0.467 e. The predicted molar refractivity (Wildman–Crippen MR) is 114 cm³/mol. The van der Waals surface area contributed by atoms with E-state index < -0.39 is 6.04 Å². The van der Waals surface area contributed by atoms with Crippen LogP contribution in [0.1, 0.15) is 12.2 Å². The van der Waals surface area contributed by atoms with Crippen molar-refractivity contribution in [3.8, 4) is 0 Å². The molecule has 0 aliphatic carbocycles. The number of thiocarbonyl (C=S) groups is 1. The monoisotopic (exact) mass is 405 g/mol. The molecule has 0 saturated carbocycles. The van der Waals surface area contributed by atoms with Gasteiger partial charge in [-0.2, -0.15) is 0 Å². The number of furan rings is 1. The summed E-state index contributed by atoms with van der Waals surface area (Å²) in [6.07, 6.45) is 1.62. The van der Waals surface area contributed by atoms with Crippen LogP contribution in [0.15, 0.2) is 83.5 Å². The molecule has 1 fully saturated rings. The molecular formula is C22H19N3O3S. The molecule has 2 aromatic carbocycles. The Labute approximate surface area is 173 Å². The first-order valence-corrected chi connectivity index (χ1v) is 9.61. The molecule has 2 amide bonds. The molecule has 1 saturated heterocycles. The number of rotatable bonds is 5. The fourth-order valence-electron chi connectivity index (χ4n) is 3.32. The van der Waals surface area contributed by atoms with Crippen molar-refractivity contribution in [1.29, 1.82) is 0 Å². The summed E-state index contributed by atoms with van der Waals surface area (Å²) in [4.78, 5) is 28.8. The van der Waals surface area contributed by atoms with Crippen molar-refractivity contribution in [2.45, 2.75) is 19.0 Å². The Bertz CT molecular complexity index is 1010. The van der Waals surface area contributed by atoms with Crippen LogP contribution in [0.4, 0.5) is 11.4 Å². The van der Waals surface area contributed by atoms with E-state index in [0.29, 0.717) is 16.6 Å². The first-order valence-electron chi connectivity index (χ1n) is 9.20. The standard InChI is InChI=1S/C22H19N3O3S/c26-20-14-19(21(27)25(20)17-10-5-2-6-11-17)24(15-18-12-7-13-28-18)22(29)23-16-8-3-1-4-9-16/h1-13,19H,14-15H2,(H,23,29)/t19-/m0/s1. The maximum Gasteiger partial charge on any atom is 0.257 e. The normalized spacial score (nSPS) is 16.1. The summed E-state index contributed by atoms with van der Waals surface area (Å²) < 4.78 is 5.46. The molecule has 0 radical (unpaired) electrons. The summed E-state index contributed by atoms with van der Waals surface area (Å²) in [5.74, 6) is 0.101. The van der Waals surface area contributed by atoms with Crippen molar-refractivity contribution in [1.82, 2.24) is 4.90 Å². The van der Waals surface area contributed by atoms with Crippen LogP contribution in [0.2, 0.25) is 0 Å². The van der Waals surface area contributed by atoms with Crippen molar-refractivity contribution >= 4 is 40.5 Å². The number of carbonyl (C=O) groups excluding carboxylic acids is 2. The van der Waals surface area contributed by atoms with Gasteiger partial charge >= 0.3 is 0 Å².